The summed E-state index contributed by atoms with van der Waals surface area (Å²) in [5, 5.41) is 5.74. The average molecular weight is 403 g/mol. The van der Waals surface area contributed by atoms with E-state index in [9.17, 15) is 14.4 Å². The molecule has 0 aromatic heterocycles. The Bertz CT molecular complexity index is 699. The lowest BCUT2D eigenvalue weighted by Crippen LogP contribution is -2.52. The van der Waals surface area contributed by atoms with Crippen molar-refractivity contribution in [3.8, 4) is 0 Å². The van der Waals surface area contributed by atoms with Crippen molar-refractivity contribution in [1.29, 1.82) is 0 Å². The Morgan fingerprint density at radius 3 is 2.14 bits per heavy atom. The van der Waals surface area contributed by atoms with Crippen LogP contribution < -0.4 is 16.4 Å². The molecular formula is C22H34N4O3. The molecule has 1 aliphatic heterocycles. The summed E-state index contributed by atoms with van der Waals surface area (Å²) < 4.78 is 0. The van der Waals surface area contributed by atoms with Crippen molar-refractivity contribution < 1.29 is 14.4 Å². The van der Waals surface area contributed by atoms with Crippen LogP contribution in [0.5, 0.6) is 0 Å². The maximum absolute atomic E-state index is 12.6. The molecule has 0 spiro atoms. The molecule has 1 aromatic carbocycles. The highest BCUT2D eigenvalue weighted by atomic mass is 16.2. The maximum atomic E-state index is 12.6. The Morgan fingerprint density at radius 1 is 1.00 bits per heavy atom. The minimum Gasteiger partial charge on any atom is -0.348 e. The van der Waals surface area contributed by atoms with Crippen molar-refractivity contribution >= 4 is 17.7 Å². The zero-order chi connectivity index (χ0) is 21.6. The van der Waals surface area contributed by atoms with E-state index in [4.69, 9.17) is 5.73 Å². The zero-order valence-electron chi connectivity index (χ0n) is 17.9. The predicted octanol–water partition coefficient (Wildman–Crippen LogP) is 1.59. The third-order valence-corrected chi connectivity index (χ3v) is 5.59. The fourth-order valence-electron chi connectivity index (χ4n) is 3.42. The lowest BCUT2D eigenvalue weighted by molar-refractivity contribution is -0.138. The average Bonchev–Trinajstić information content (AvgIpc) is 2.73. The molecule has 3 atom stereocenters. The van der Waals surface area contributed by atoms with Gasteiger partial charge in [0.1, 0.15) is 6.04 Å². The molecule has 29 heavy (non-hydrogen) atoms. The van der Waals surface area contributed by atoms with E-state index in [2.05, 4.69) is 10.6 Å². The third-order valence-electron chi connectivity index (χ3n) is 5.59. The van der Waals surface area contributed by atoms with E-state index in [1.54, 1.807) is 11.8 Å². The molecule has 3 amide bonds. The van der Waals surface area contributed by atoms with Gasteiger partial charge in [0.2, 0.25) is 17.7 Å². The minimum absolute atomic E-state index is 0.0542. The number of hydrogen-bond acceptors (Lipinski definition) is 4. The van der Waals surface area contributed by atoms with Crippen LogP contribution in [0.4, 0.5) is 0 Å². The second-order valence-corrected chi connectivity index (χ2v) is 8.24. The van der Waals surface area contributed by atoms with E-state index in [0.29, 0.717) is 25.9 Å². The van der Waals surface area contributed by atoms with Gasteiger partial charge in [0.25, 0.3) is 0 Å². The fourth-order valence-corrected chi connectivity index (χ4v) is 3.42. The van der Waals surface area contributed by atoms with Crippen LogP contribution in [0.15, 0.2) is 30.3 Å². The molecule has 1 fully saturated rings. The standard InChI is InChI=1S/C22H34N4O3/c1-14(2)19(23)22(29)26-12-10-18(11-13-26)21(28)25-16(4)20(27)24-15(3)17-8-6-5-7-9-17/h5-9,14-16,18-19H,10-13,23H2,1-4H3,(H,24,27)(H,25,28)/t15-,16-,19-/m0/s1. The summed E-state index contributed by atoms with van der Waals surface area (Å²) in [7, 11) is 0. The first-order chi connectivity index (χ1) is 13.7. The van der Waals surface area contributed by atoms with E-state index in [0.717, 1.165) is 5.56 Å². The van der Waals surface area contributed by atoms with Crippen molar-refractivity contribution in [2.75, 3.05) is 13.1 Å². The molecule has 1 aliphatic rings. The normalized spacial score (nSPS) is 18.1. The molecular weight excluding hydrogens is 368 g/mol. The van der Waals surface area contributed by atoms with Crippen molar-refractivity contribution in [1.82, 2.24) is 15.5 Å². The second-order valence-electron chi connectivity index (χ2n) is 8.24. The first-order valence-electron chi connectivity index (χ1n) is 10.4. The molecule has 160 valence electrons. The van der Waals surface area contributed by atoms with Crippen molar-refractivity contribution in [3.05, 3.63) is 35.9 Å². The maximum Gasteiger partial charge on any atom is 0.242 e. The van der Waals surface area contributed by atoms with Gasteiger partial charge in [-0.2, -0.15) is 0 Å². The van der Waals surface area contributed by atoms with Gasteiger partial charge in [0.15, 0.2) is 0 Å². The summed E-state index contributed by atoms with van der Waals surface area (Å²) in [6.07, 6.45) is 1.16. The van der Waals surface area contributed by atoms with Crippen LogP contribution in [-0.2, 0) is 14.4 Å². The van der Waals surface area contributed by atoms with E-state index >= 15 is 0 Å². The number of carbonyl (C=O) groups excluding carboxylic acids is 3. The number of nitrogens with one attached hydrogen (secondary N) is 2. The number of benzene rings is 1. The molecule has 0 bridgehead atoms. The molecule has 1 heterocycles. The van der Waals surface area contributed by atoms with E-state index in [-0.39, 0.29) is 35.6 Å². The number of piperidine rings is 1. The molecule has 4 N–H and O–H groups in total. The summed E-state index contributed by atoms with van der Waals surface area (Å²) in [6.45, 7) is 8.48. The smallest absolute Gasteiger partial charge is 0.242 e. The topological polar surface area (TPSA) is 105 Å². The molecule has 2 rings (SSSR count). The van der Waals surface area contributed by atoms with Crippen LogP contribution in [0.1, 0.15) is 52.1 Å². The molecule has 0 radical (unpaired) electrons. The highest BCUT2D eigenvalue weighted by molar-refractivity contribution is 5.88. The largest absolute Gasteiger partial charge is 0.348 e. The van der Waals surface area contributed by atoms with Crippen LogP contribution in [0.3, 0.4) is 0 Å². The molecule has 0 saturated carbocycles. The van der Waals surface area contributed by atoms with Crippen LogP contribution in [0.25, 0.3) is 0 Å². The van der Waals surface area contributed by atoms with Crippen molar-refractivity contribution in [3.63, 3.8) is 0 Å². The second kappa shape index (κ2) is 10.4. The molecule has 1 aromatic rings. The molecule has 0 unspecified atom stereocenters. The number of nitrogens with two attached hydrogens (primary N) is 1. The molecule has 0 aliphatic carbocycles. The Balaban J connectivity index is 1.80. The van der Waals surface area contributed by atoms with Gasteiger partial charge in [-0.3, -0.25) is 14.4 Å². The quantitative estimate of drug-likeness (QED) is 0.644. The van der Waals surface area contributed by atoms with E-state index < -0.39 is 12.1 Å². The summed E-state index contributed by atoms with van der Waals surface area (Å²) in [5.74, 6) is -0.524. The minimum atomic E-state index is -0.623. The number of likely N-dealkylation sites (tertiary alicyclic amines) is 1. The Hall–Kier alpha value is -2.41. The highest BCUT2D eigenvalue weighted by Gasteiger charge is 2.31. The Morgan fingerprint density at radius 2 is 1.59 bits per heavy atom. The van der Waals surface area contributed by atoms with E-state index in [1.165, 1.54) is 0 Å². The summed E-state index contributed by atoms with van der Waals surface area (Å²) in [4.78, 5) is 39.1. The SMILES string of the molecule is CC(C)[C@H](N)C(=O)N1CCC(C(=O)N[C@@H](C)C(=O)N[C@@H](C)c2ccccc2)CC1. The highest BCUT2D eigenvalue weighted by Crippen LogP contribution is 2.19. The van der Waals surface area contributed by atoms with Gasteiger partial charge in [0, 0.05) is 19.0 Å². The van der Waals surface area contributed by atoms with Crippen LogP contribution in [0, 0.1) is 11.8 Å². The molecule has 7 nitrogen and oxygen atoms in total. The van der Waals surface area contributed by atoms with E-state index in [1.807, 2.05) is 51.1 Å². The van der Waals surface area contributed by atoms with Crippen molar-refractivity contribution in [2.24, 2.45) is 17.6 Å². The van der Waals surface area contributed by atoms with Gasteiger partial charge in [-0.25, -0.2) is 0 Å². The number of carbonyl (C=O) groups is 3. The number of nitrogens with zero attached hydrogens (tertiary/aromatic N) is 1. The zero-order valence-corrected chi connectivity index (χ0v) is 17.9. The van der Waals surface area contributed by atoms with Gasteiger partial charge in [-0.05, 0) is 38.2 Å². The van der Waals surface area contributed by atoms with Gasteiger partial charge in [-0.15, -0.1) is 0 Å². The number of amides is 3. The molecule has 7 heteroatoms. The summed E-state index contributed by atoms with van der Waals surface area (Å²) in [6, 6.07) is 8.42. The monoisotopic (exact) mass is 402 g/mol. The van der Waals surface area contributed by atoms with Crippen LogP contribution >= 0.6 is 0 Å². The number of rotatable bonds is 7. The lowest BCUT2D eigenvalue weighted by Gasteiger charge is -2.34. The summed E-state index contributed by atoms with van der Waals surface area (Å²) >= 11 is 0. The van der Waals surface area contributed by atoms with Crippen LogP contribution in [0.2, 0.25) is 0 Å². The summed E-state index contributed by atoms with van der Waals surface area (Å²) in [5.41, 5.74) is 6.96. The fraction of sp³-hybridized carbons (Fsp3) is 0.591. The molecule has 1 saturated heterocycles. The van der Waals surface area contributed by atoms with Gasteiger partial charge in [0.05, 0.1) is 12.1 Å². The first-order valence-corrected chi connectivity index (χ1v) is 10.4. The van der Waals surface area contributed by atoms with Crippen molar-refractivity contribution in [2.45, 2.75) is 58.7 Å². The Kier molecular flexibility index (Phi) is 8.20. The number of hydrogen-bond donors (Lipinski definition) is 3. The lowest BCUT2D eigenvalue weighted by atomic mass is 9.94. The third kappa shape index (κ3) is 6.29. The van der Waals surface area contributed by atoms with Gasteiger partial charge in [-0.1, -0.05) is 44.2 Å². The van der Waals surface area contributed by atoms with Gasteiger partial charge < -0.3 is 21.3 Å². The predicted molar refractivity (Wildman–Crippen MR) is 113 cm³/mol. The van der Waals surface area contributed by atoms with Gasteiger partial charge >= 0.3 is 0 Å². The Labute approximate surface area is 173 Å². The first kappa shape index (κ1) is 22.9. The van der Waals surface area contributed by atoms with Crippen LogP contribution in [-0.4, -0.2) is 47.8 Å².